The molecule has 0 aromatic heterocycles. The maximum absolute atomic E-state index is 13.1. The summed E-state index contributed by atoms with van der Waals surface area (Å²) in [6, 6.07) is 8.45. The van der Waals surface area contributed by atoms with Gasteiger partial charge in [-0.3, -0.25) is 9.69 Å². The zero-order valence-electron chi connectivity index (χ0n) is 14.5. The molecule has 1 aliphatic rings. The third-order valence-electron chi connectivity index (χ3n) is 4.95. The quantitative estimate of drug-likeness (QED) is 0.790. The van der Waals surface area contributed by atoms with Gasteiger partial charge in [0.1, 0.15) is 6.04 Å². The fourth-order valence-corrected chi connectivity index (χ4v) is 3.54. The largest absolute Gasteiger partial charge is 0.341 e. The van der Waals surface area contributed by atoms with Gasteiger partial charge >= 0.3 is 0 Å². The van der Waals surface area contributed by atoms with Crippen molar-refractivity contribution in [1.29, 1.82) is 0 Å². The summed E-state index contributed by atoms with van der Waals surface area (Å²) in [6.07, 6.45) is 7.42. The summed E-state index contributed by atoms with van der Waals surface area (Å²) in [5.74, 6) is 0.228. The molecular weight excluding hydrogens is 272 g/mol. The van der Waals surface area contributed by atoms with E-state index in [9.17, 15) is 4.79 Å². The summed E-state index contributed by atoms with van der Waals surface area (Å²) in [4.78, 5) is 17.2. The van der Waals surface area contributed by atoms with E-state index in [1.54, 1.807) is 0 Å². The van der Waals surface area contributed by atoms with Gasteiger partial charge in [-0.1, -0.05) is 49.9 Å². The number of carbonyl (C=O) groups excluding carboxylic acids is 1. The lowest BCUT2D eigenvalue weighted by atomic mass is 9.98. The van der Waals surface area contributed by atoms with E-state index in [1.165, 1.54) is 31.2 Å². The summed E-state index contributed by atoms with van der Waals surface area (Å²) in [5.41, 5.74) is 2.31. The molecule has 1 fully saturated rings. The Hall–Kier alpha value is -1.35. The van der Waals surface area contributed by atoms with Crippen molar-refractivity contribution in [2.45, 2.75) is 57.5 Å². The van der Waals surface area contributed by atoms with Crippen LogP contribution in [0.2, 0.25) is 0 Å². The average Bonchev–Trinajstić information content (AvgIpc) is 2.77. The first-order valence-electron chi connectivity index (χ1n) is 8.51. The highest BCUT2D eigenvalue weighted by atomic mass is 16.2. The predicted molar refractivity (Wildman–Crippen MR) is 91.9 cm³/mol. The fraction of sp³-hybridized carbons (Fsp3) is 0.632. The number of benzene rings is 1. The van der Waals surface area contributed by atoms with Gasteiger partial charge in [0.25, 0.3) is 0 Å². The predicted octanol–water partition coefficient (Wildman–Crippen LogP) is 3.78. The third kappa shape index (κ3) is 3.89. The van der Waals surface area contributed by atoms with Gasteiger partial charge < -0.3 is 4.90 Å². The summed E-state index contributed by atoms with van der Waals surface area (Å²) >= 11 is 0. The van der Waals surface area contributed by atoms with Crippen molar-refractivity contribution in [1.82, 2.24) is 9.80 Å². The van der Waals surface area contributed by atoms with Crippen molar-refractivity contribution >= 4 is 5.91 Å². The number of hydrogen-bond acceptors (Lipinski definition) is 2. The van der Waals surface area contributed by atoms with Crippen molar-refractivity contribution in [2.24, 2.45) is 0 Å². The first-order valence-corrected chi connectivity index (χ1v) is 8.51. The van der Waals surface area contributed by atoms with Crippen LogP contribution in [0.25, 0.3) is 0 Å². The van der Waals surface area contributed by atoms with Gasteiger partial charge in [0.15, 0.2) is 0 Å². The van der Waals surface area contributed by atoms with Crippen molar-refractivity contribution in [3.63, 3.8) is 0 Å². The lowest BCUT2D eigenvalue weighted by molar-refractivity contribution is -0.137. The molecule has 3 nitrogen and oxygen atoms in total. The summed E-state index contributed by atoms with van der Waals surface area (Å²) in [5, 5.41) is 0. The van der Waals surface area contributed by atoms with Crippen LogP contribution in [0.1, 0.15) is 55.7 Å². The van der Waals surface area contributed by atoms with Gasteiger partial charge in [0.05, 0.1) is 0 Å². The van der Waals surface area contributed by atoms with Crippen LogP contribution in [0, 0.1) is 6.92 Å². The lowest BCUT2D eigenvalue weighted by Crippen LogP contribution is -2.43. The van der Waals surface area contributed by atoms with Crippen LogP contribution in [0.4, 0.5) is 0 Å². The number of likely N-dealkylation sites (N-methyl/N-ethyl adjacent to an activating group) is 2. The van der Waals surface area contributed by atoms with E-state index in [4.69, 9.17) is 0 Å². The lowest BCUT2D eigenvalue weighted by Gasteiger charge is -2.34. The topological polar surface area (TPSA) is 23.6 Å². The number of nitrogens with zero attached hydrogens (tertiary/aromatic N) is 2. The molecule has 0 N–H and O–H groups in total. The molecule has 1 aromatic carbocycles. The second-order valence-corrected chi connectivity index (χ2v) is 6.82. The van der Waals surface area contributed by atoms with Gasteiger partial charge in [0.2, 0.25) is 5.91 Å². The molecule has 0 heterocycles. The van der Waals surface area contributed by atoms with E-state index in [1.807, 2.05) is 43.1 Å². The second-order valence-electron chi connectivity index (χ2n) is 6.82. The zero-order valence-corrected chi connectivity index (χ0v) is 14.5. The highest BCUT2D eigenvalue weighted by Crippen LogP contribution is 2.27. The van der Waals surface area contributed by atoms with Crippen LogP contribution in [-0.2, 0) is 4.79 Å². The Morgan fingerprint density at radius 2 is 1.64 bits per heavy atom. The van der Waals surface area contributed by atoms with Crippen LogP contribution in [0.3, 0.4) is 0 Å². The van der Waals surface area contributed by atoms with Crippen LogP contribution < -0.4 is 0 Å². The molecule has 0 aliphatic heterocycles. The molecule has 0 radical (unpaired) electrons. The zero-order chi connectivity index (χ0) is 16.1. The minimum absolute atomic E-state index is 0.186. The molecule has 0 unspecified atom stereocenters. The first kappa shape index (κ1) is 17.0. The Bertz CT molecular complexity index is 490. The van der Waals surface area contributed by atoms with E-state index in [0.717, 1.165) is 18.4 Å². The van der Waals surface area contributed by atoms with Gasteiger partial charge in [0, 0.05) is 13.1 Å². The van der Waals surface area contributed by atoms with Crippen molar-refractivity contribution in [3.05, 3.63) is 35.4 Å². The number of carbonyl (C=O) groups is 1. The molecule has 1 saturated carbocycles. The van der Waals surface area contributed by atoms with Gasteiger partial charge in [-0.2, -0.15) is 0 Å². The Morgan fingerprint density at radius 3 is 2.18 bits per heavy atom. The molecule has 0 spiro atoms. The van der Waals surface area contributed by atoms with Gasteiger partial charge in [-0.25, -0.2) is 0 Å². The van der Waals surface area contributed by atoms with Gasteiger partial charge in [-0.05, 0) is 45.0 Å². The Kier molecular flexibility index (Phi) is 6.01. The molecule has 2 rings (SSSR count). The standard InChI is InChI=1S/C19H30N2O/c1-15-11-9-10-14-17(15)18(20(2)3)19(22)21(4)16-12-7-5-6-8-13-16/h9-11,14,16,18H,5-8,12-13H2,1-4H3/t18-/m1/s1. The minimum Gasteiger partial charge on any atom is -0.341 e. The first-order chi connectivity index (χ1) is 10.5. The normalized spacial score (nSPS) is 18.0. The molecule has 1 amide bonds. The van der Waals surface area contributed by atoms with Gasteiger partial charge in [-0.15, -0.1) is 0 Å². The molecule has 122 valence electrons. The number of amides is 1. The maximum Gasteiger partial charge on any atom is 0.244 e. The van der Waals surface area contributed by atoms with Crippen LogP contribution in [0.15, 0.2) is 24.3 Å². The summed E-state index contributed by atoms with van der Waals surface area (Å²) in [6.45, 7) is 2.09. The van der Waals surface area contributed by atoms with Crippen molar-refractivity contribution in [2.75, 3.05) is 21.1 Å². The Balaban J connectivity index is 2.21. The Labute approximate surface area is 135 Å². The second kappa shape index (κ2) is 7.77. The molecule has 1 atom stereocenters. The highest BCUT2D eigenvalue weighted by Gasteiger charge is 2.30. The molecule has 1 aromatic rings. The van der Waals surface area contributed by atoms with Crippen molar-refractivity contribution in [3.8, 4) is 0 Å². The van der Waals surface area contributed by atoms with E-state index in [2.05, 4.69) is 19.1 Å². The van der Waals surface area contributed by atoms with E-state index < -0.39 is 0 Å². The van der Waals surface area contributed by atoms with E-state index in [-0.39, 0.29) is 11.9 Å². The monoisotopic (exact) mass is 302 g/mol. The van der Waals surface area contributed by atoms with Crippen LogP contribution in [-0.4, -0.2) is 42.9 Å². The molecule has 0 saturated heterocycles. The number of rotatable bonds is 4. The van der Waals surface area contributed by atoms with E-state index >= 15 is 0 Å². The van der Waals surface area contributed by atoms with E-state index in [0.29, 0.717) is 6.04 Å². The Morgan fingerprint density at radius 1 is 1.05 bits per heavy atom. The number of aryl methyl sites for hydroxylation is 1. The third-order valence-corrected chi connectivity index (χ3v) is 4.95. The summed E-state index contributed by atoms with van der Waals surface area (Å²) < 4.78 is 0. The molecular formula is C19H30N2O. The maximum atomic E-state index is 13.1. The molecule has 3 heteroatoms. The van der Waals surface area contributed by atoms with Crippen molar-refractivity contribution < 1.29 is 4.79 Å². The number of hydrogen-bond donors (Lipinski definition) is 0. The van der Waals surface area contributed by atoms with Crippen LogP contribution >= 0.6 is 0 Å². The smallest absolute Gasteiger partial charge is 0.244 e. The SMILES string of the molecule is Cc1ccccc1[C@H](C(=O)N(C)C1CCCCCC1)N(C)C. The summed E-state index contributed by atoms with van der Waals surface area (Å²) in [7, 11) is 5.99. The average molecular weight is 302 g/mol. The molecule has 1 aliphatic carbocycles. The van der Waals surface area contributed by atoms with Crippen LogP contribution in [0.5, 0.6) is 0 Å². The fourth-order valence-electron chi connectivity index (χ4n) is 3.54. The molecule has 0 bridgehead atoms. The highest BCUT2D eigenvalue weighted by molar-refractivity contribution is 5.83. The molecule has 22 heavy (non-hydrogen) atoms. The minimum atomic E-state index is -0.186.